The topological polar surface area (TPSA) is 43.1 Å². The van der Waals surface area contributed by atoms with Crippen LogP contribution in [0.4, 0.5) is 0 Å². The molecule has 3 nitrogen and oxygen atoms in total. The number of ketones is 1. The van der Waals surface area contributed by atoms with E-state index in [1.54, 1.807) is 6.07 Å². The van der Waals surface area contributed by atoms with Crippen LogP contribution in [0.5, 0.6) is 0 Å². The van der Waals surface area contributed by atoms with Gasteiger partial charge < -0.3 is 4.52 Å². The first-order valence-electron chi connectivity index (χ1n) is 5.18. The second-order valence-corrected chi connectivity index (χ2v) is 3.49. The molecular formula is C12H13NO2. The van der Waals surface area contributed by atoms with Gasteiger partial charge in [0, 0.05) is 18.1 Å². The molecule has 0 fully saturated rings. The highest BCUT2D eigenvalue weighted by molar-refractivity contribution is 5.94. The summed E-state index contributed by atoms with van der Waals surface area (Å²) in [6.07, 6.45) is 8.74. The van der Waals surface area contributed by atoms with Crippen LogP contribution in [-0.4, -0.2) is 10.9 Å². The Hall–Kier alpha value is -1.64. The molecule has 1 aromatic heterocycles. The highest BCUT2D eigenvalue weighted by atomic mass is 16.5. The van der Waals surface area contributed by atoms with Gasteiger partial charge in [-0.05, 0) is 12.8 Å². The number of carbonyl (C=O) groups is 1. The van der Waals surface area contributed by atoms with E-state index in [1.165, 1.54) is 0 Å². The lowest BCUT2D eigenvalue weighted by Crippen LogP contribution is -1.95. The molecule has 0 saturated carbocycles. The summed E-state index contributed by atoms with van der Waals surface area (Å²) in [5.74, 6) is 0.702. The summed E-state index contributed by atoms with van der Waals surface area (Å²) >= 11 is 0. The first-order valence-corrected chi connectivity index (χ1v) is 5.18. The molecule has 2 rings (SSSR count). The van der Waals surface area contributed by atoms with Gasteiger partial charge in [-0.15, -0.1) is 0 Å². The number of allylic oxidation sites excluding steroid dienone is 4. The summed E-state index contributed by atoms with van der Waals surface area (Å²) in [5, 5.41) is 3.76. The van der Waals surface area contributed by atoms with Gasteiger partial charge >= 0.3 is 0 Å². The number of carbonyl (C=O) groups excluding carboxylic acids is 1. The highest BCUT2D eigenvalue weighted by Gasteiger charge is 2.12. The van der Waals surface area contributed by atoms with Crippen molar-refractivity contribution in [3.63, 3.8) is 0 Å². The summed E-state index contributed by atoms with van der Waals surface area (Å²) in [5.41, 5.74) is 1.44. The standard InChI is InChI=1S/C12H13NO2/c1-2-11(14)10-8-12(15-13-10)9-6-4-3-5-7-9/h4,6-8H,2-3,5H2,1H3. The van der Waals surface area contributed by atoms with Crippen LogP contribution in [0.3, 0.4) is 0 Å². The third kappa shape index (κ3) is 2.06. The molecule has 1 aliphatic rings. The van der Waals surface area contributed by atoms with E-state index in [4.69, 9.17) is 4.52 Å². The number of rotatable bonds is 3. The highest BCUT2D eigenvalue weighted by Crippen LogP contribution is 2.22. The SMILES string of the molecule is CCC(=O)c1cc(C2=CCCC=C2)on1. The van der Waals surface area contributed by atoms with Crippen LogP contribution in [0.1, 0.15) is 42.4 Å². The fraction of sp³-hybridized carbons (Fsp3) is 0.333. The smallest absolute Gasteiger partial charge is 0.184 e. The minimum Gasteiger partial charge on any atom is -0.356 e. The average Bonchev–Trinajstić information content (AvgIpc) is 2.78. The molecule has 0 amide bonds. The van der Waals surface area contributed by atoms with Crippen molar-refractivity contribution in [2.75, 3.05) is 0 Å². The monoisotopic (exact) mass is 203 g/mol. The van der Waals surface area contributed by atoms with Gasteiger partial charge in [-0.1, -0.05) is 30.3 Å². The van der Waals surface area contributed by atoms with E-state index < -0.39 is 0 Å². The van der Waals surface area contributed by atoms with E-state index in [0.717, 1.165) is 18.4 Å². The Morgan fingerprint density at radius 2 is 2.40 bits per heavy atom. The molecule has 3 heteroatoms. The van der Waals surface area contributed by atoms with E-state index in [1.807, 2.05) is 13.0 Å². The molecule has 1 heterocycles. The molecule has 0 unspecified atom stereocenters. The molecule has 1 aliphatic carbocycles. The quantitative estimate of drug-likeness (QED) is 0.709. The zero-order chi connectivity index (χ0) is 10.7. The zero-order valence-corrected chi connectivity index (χ0v) is 8.69. The van der Waals surface area contributed by atoms with Crippen LogP contribution in [0.2, 0.25) is 0 Å². The molecule has 0 spiro atoms. The van der Waals surface area contributed by atoms with E-state index in [2.05, 4.69) is 17.3 Å². The number of nitrogens with zero attached hydrogens (tertiary/aromatic N) is 1. The molecule has 0 saturated heterocycles. The van der Waals surface area contributed by atoms with Gasteiger partial charge in [0.2, 0.25) is 0 Å². The summed E-state index contributed by atoms with van der Waals surface area (Å²) in [4.78, 5) is 11.3. The lowest BCUT2D eigenvalue weighted by atomic mass is 10.0. The molecule has 0 atom stereocenters. The van der Waals surface area contributed by atoms with E-state index in [9.17, 15) is 4.79 Å². The van der Waals surface area contributed by atoms with Crippen LogP contribution >= 0.6 is 0 Å². The van der Waals surface area contributed by atoms with Crippen LogP contribution in [-0.2, 0) is 0 Å². The molecule has 0 radical (unpaired) electrons. The second kappa shape index (κ2) is 4.26. The van der Waals surface area contributed by atoms with Crippen LogP contribution < -0.4 is 0 Å². The summed E-state index contributed by atoms with van der Waals surface area (Å²) in [6, 6.07) is 1.72. The van der Waals surface area contributed by atoms with Crippen LogP contribution in [0.25, 0.3) is 5.57 Å². The molecular weight excluding hydrogens is 190 g/mol. The molecule has 1 aromatic rings. The van der Waals surface area contributed by atoms with Gasteiger partial charge in [0.1, 0.15) is 5.69 Å². The largest absolute Gasteiger partial charge is 0.356 e. The van der Waals surface area contributed by atoms with Gasteiger partial charge in [-0.2, -0.15) is 0 Å². The van der Waals surface area contributed by atoms with E-state index in [0.29, 0.717) is 17.9 Å². The molecule has 15 heavy (non-hydrogen) atoms. The Morgan fingerprint density at radius 1 is 1.53 bits per heavy atom. The maximum absolute atomic E-state index is 11.3. The Bertz CT molecular complexity index is 427. The van der Waals surface area contributed by atoms with Gasteiger partial charge in [-0.25, -0.2) is 0 Å². The Labute approximate surface area is 88.5 Å². The number of hydrogen-bond donors (Lipinski definition) is 0. The summed E-state index contributed by atoms with van der Waals surface area (Å²) < 4.78 is 5.14. The van der Waals surface area contributed by atoms with Crippen molar-refractivity contribution in [3.05, 3.63) is 35.7 Å². The van der Waals surface area contributed by atoms with Gasteiger partial charge in [0.25, 0.3) is 0 Å². The van der Waals surface area contributed by atoms with Crippen LogP contribution in [0.15, 0.2) is 28.8 Å². The number of hydrogen-bond acceptors (Lipinski definition) is 3. The van der Waals surface area contributed by atoms with Crippen LogP contribution in [0, 0.1) is 0 Å². The number of aromatic nitrogens is 1. The lowest BCUT2D eigenvalue weighted by molar-refractivity contribution is 0.0979. The van der Waals surface area contributed by atoms with Crippen molar-refractivity contribution in [1.82, 2.24) is 5.16 Å². The summed E-state index contributed by atoms with van der Waals surface area (Å²) in [7, 11) is 0. The van der Waals surface area contributed by atoms with Crippen molar-refractivity contribution < 1.29 is 9.32 Å². The van der Waals surface area contributed by atoms with Gasteiger partial charge in [0.15, 0.2) is 11.5 Å². The van der Waals surface area contributed by atoms with E-state index in [-0.39, 0.29) is 5.78 Å². The fourth-order valence-electron chi connectivity index (χ4n) is 1.52. The van der Waals surface area contributed by atoms with E-state index >= 15 is 0 Å². The number of Topliss-reactive ketones (excluding diaryl/α,β-unsaturated/α-hetero) is 1. The van der Waals surface area contributed by atoms with Crippen molar-refractivity contribution in [1.29, 1.82) is 0 Å². The zero-order valence-electron chi connectivity index (χ0n) is 8.69. The first-order chi connectivity index (χ1) is 7.31. The molecule has 78 valence electrons. The minimum absolute atomic E-state index is 0.0189. The average molecular weight is 203 g/mol. The molecule has 0 N–H and O–H groups in total. The van der Waals surface area contributed by atoms with Crippen molar-refractivity contribution >= 4 is 11.4 Å². The lowest BCUT2D eigenvalue weighted by Gasteiger charge is -2.01. The fourth-order valence-corrected chi connectivity index (χ4v) is 1.52. The maximum atomic E-state index is 11.3. The van der Waals surface area contributed by atoms with Crippen molar-refractivity contribution in [3.8, 4) is 0 Å². The predicted molar refractivity (Wildman–Crippen MR) is 57.5 cm³/mol. The van der Waals surface area contributed by atoms with Crippen molar-refractivity contribution in [2.45, 2.75) is 26.2 Å². The Kier molecular flexibility index (Phi) is 2.81. The maximum Gasteiger partial charge on any atom is 0.184 e. The predicted octanol–water partition coefficient (Wildman–Crippen LogP) is 3.00. The molecule has 0 bridgehead atoms. The molecule has 0 aromatic carbocycles. The molecule has 0 aliphatic heterocycles. The van der Waals surface area contributed by atoms with Crippen molar-refractivity contribution in [2.24, 2.45) is 0 Å². The summed E-state index contributed by atoms with van der Waals surface area (Å²) in [6.45, 7) is 1.82. The minimum atomic E-state index is 0.0189. The Morgan fingerprint density at radius 3 is 3.07 bits per heavy atom. The normalized spacial score (nSPS) is 15.1. The third-order valence-corrected chi connectivity index (χ3v) is 2.40. The van der Waals surface area contributed by atoms with Gasteiger partial charge in [0.05, 0.1) is 0 Å². The third-order valence-electron chi connectivity index (χ3n) is 2.40. The Balaban J connectivity index is 2.23. The first kappa shape index (κ1) is 9.90. The second-order valence-electron chi connectivity index (χ2n) is 3.49. The van der Waals surface area contributed by atoms with Gasteiger partial charge in [-0.3, -0.25) is 4.79 Å².